The molecule has 0 amide bonds. The zero-order chi connectivity index (χ0) is 14.7. The molecule has 104 valence electrons. The number of hydrogen-bond donors (Lipinski definition) is 2. The third-order valence-corrected chi connectivity index (χ3v) is 3.61. The average molecular weight is 338 g/mol. The molecule has 0 aliphatic carbocycles. The molecular formula is C15H13BrFNO2. The van der Waals surface area contributed by atoms with Gasteiger partial charge in [-0.25, -0.2) is 9.18 Å². The van der Waals surface area contributed by atoms with Gasteiger partial charge in [-0.15, -0.1) is 0 Å². The van der Waals surface area contributed by atoms with Crippen LogP contribution in [0.15, 0.2) is 46.9 Å². The first-order chi connectivity index (χ1) is 9.47. The Kier molecular flexibility index (Phi) is 4.39. The number of carboxylic acid groups (broad SMARTS) is 1. The van der Waals surface area contributed by atoms with Crippen molar-refractivity contribution < 1.29 is 14.3 Å². The van der Waals surface area contributed by atoms with Crippen LogP contribution in [-0.2, 0) is 0 Å². The van der Waals surface area contributed by atoms with Gasteiger partial charge in [0.25, 0.3) is 0 Å². The number of rotatable bonds is 4. The van der Waals surface area contributed by atoms with Crippen LogP contribution in [0.1, 0.15) is 28.9 Å². The van der Waals surface area contributed by atoms with Crippen molar-refractivity contribution in [2.75, 3.05) is 5.32 Å². The van der Waals surface area contributed by atoms with Crippen molar-refractivity contribution in [2.24, 2.45) is 0 Å². The Morgan fingerprint density at radius 1 is 1.25 bits per heavy atom. The second-order valence-electron chi connectivity index (χ2n) is 4.42. The fraction of sp³-hybridized carbons (Fsp3) is 0.133. The van der Waals surface area contributed by atoms with Gasteiger partial charge in [0, 0.05) is 16.2 Å². The molecule has 0 fully saturated rings. The first-order valence-electron chi connectivity index (χ1n) is 6.02. The number of carbonyl (C=O) groups is 1. The second-order valence-corrected chi connectivity index (χ2v) is 5.27. The molecule has 1 atom stereocenters. The molecule has 5 heteroatoms. The van der Waals surface area contributed by atoms with Gasteiger partial charge in [0.1, 0.15) is 5.82 Å². The Balaban J connectivity index is 2.15. The highest BCUT2D eigenvalue weighted by Gasteiger charge is 2.10. The molecule has 2 rings (SSSR count). The quantitative estimate of drug-likeness (QED) is 0.865. The molecule has 0 heterocycles. The first kappa shape index (κ1) is 14.5. The van der Waals surface area contributed by atoms with E-state index in [1.54, 1.807) is 24.3 Å². The Morgan fingerprint density at radius 3 is 2.45 bits per heavy atom. The van der Waals surface area contributed by atoms with Gasteiger partial charge in [-0.05, 0) is 58.7 Å². The molecule has 1 unspecified atom stereocenters. The number of nitrogens with one attached hydrogen (secondary N) is 1. The van der Waals surface area contributed by atoms with Crippen LogP contribution >= 0.6 is 15.9 Å². The van der Waals surface area contributed by atoms with Crippen LogP contribution in [0.5, 0.6) is 0 Å². The third-order valence-electron chi connectivity index (χ3n) is 2.95. The van der Waals surface area contributed by atoms with Gasteiger partial charge in [-0.3, -0.25) is 0 Å². The molecule has 0 aliphatic rings. The monoisotopic (exact) mass is 337 g/mol. The van der Waals surface area contributed by atoms with E-state index in [0.717, 1.165) is 11.3 Å². The normalized spacial score (nSPS) is 11.9. The molecule has 0 saturated heterocycles. The van der Waals surface area contributed by atoms with Crippen LogP contribution in [0.2, 0.25) is 0 Å². The molecule has 0 bridgehead atoms. The van der Waals surface area contributed by atoms with E-state index in [4.69, 9.17) is 5.11 Å². The molecule has 2 aromatic rings. The molecule has 2 aromatic carbocycles. The van der Waals surface area contributed by atoms with E-state index in [2.05, 4.69) is 21.2 Å². The van der Waals surface area contributed by atoms with Gasteiger partial charge in [0.2, 0.25) is 0 Å². The third kappa shape index (κ3) is 3.36. The van der Waals surface area contributed by atoms with Gasteiger partial charge < -0.3 is 10.4 Å². The summed E-state index contributed by atoms with van der Waals surface area (Å²) in [5, 5.41) is 12.2. The first-order valence-corrected chi connectivity index (χ1v) is 6.81. The maximum absolute atomic E-state index is 12.9. The lowest BCUT2D eigenvalue weighted by Crippen LogP contribution is -2.07. The molecule has 20 heavy (non-hydrogen) atoms. The minimum Gasteiger partial charge on any atom is -0.478 e. The van der Waals surface area contributed by atoms with E-state index >= 15 is 0 Å². The summed E-state index contributed by atoms with van der Waals surface area (Å²) in [6.45, 7) is 1.95. The smallest absolute Gasteiger partial charge is 0.336 e. The number of anilines is 1. The van der Waals surface area contributed by atoms with Crippen molar-refractivity contribution in [2.45, 2.75) is 13.0 Å². The van der Waals surface area contributed by atoms with Gasteiger partial charge in [-0.2, -0.15) is 0 Å². The molecule has 3 nitrogen and oxygen atoms in total. The summed E-state index contributed by atoms with van der Waals surface area (Å²) in [5.41, 5.74) is 1.95. The number of hydrogen-bond acceptors (Lipinski definition) is 2. The van der Waals surface area contributed by atoms with E-state index in [-0.39, 0.29) is 17.4 Å². The topological polar surface area (TPSA) is 49.3 Å². The van der Waals surface area contributed by atoms with Gasteiger partial charge in [0.05, 0.1) is 5.56 Å². The summed E-state index contributed by atoms with van der Waals surface area (Å²) < 4.78 is 13.4. The van der Waals surface area contributed by atoms with Crippen molar-refractivity contribution in [3.05, 3.63) is 63.9 Å². The van der Waals surface area contributed by atoms with E-state index in [0.29, 0.717) is 4.47 Å². The predicted molar refractivity (Wildman–Crippen MR) is 79.5 cm³/mol. The molecule has 0 radical (unpaired) electrons. The van der Waals surface area contributed by atoms with E-state index in [9.17, 15) is 9.18 Å². The Bertz CT molecular complexity index is 628. The van der Waals surface area contributed by atoms with Crippen LogP contribution < -0.4 is 5.32 Å². The summed E-state index contributed by atoms with van der Waals surface area (Å²) in [6, 6.07) is 11.2. The van der Waals surface area contributed by atoms with E-state index < -0.39 is 5.97 Å². The Morgan fingerprint density at radius 2 is 1.90 bits per heavy atom. The number of halogens is 2. The minimum absolute atomic E-state index is 0.0156. The summed E-state index contributed by atoms with van der Waals surface area (Å²) in [4.78, 5) is 10.9. The number of benzene rings is 2. The maximum Gasteiger partial charge on any atom is 0.336 e. The molecule has 0 saturated carbocycles. The lowest BCUT2D eigenvalue weighted by molar-refractivity contribution is 0.0696. The minimum atomic E-state index is -0.977. The SMILES string of the molecule is CC(Nc1ccc(C(=O)O)c(Br)c1)c1ccc(F)cc1. The van der Waals surface area contributed by atoms with E-state index in [1.165, 1.54) is 18.2 Å². The average Bonchev–Trinajstić information content (AvgIpc) is 2.39. The zero-order valence-corrected chi connectivity index (χ0v) is 12.3. The lowest BCUT2D eigenvalue weighted by atomic mass is 10.1. The molecule has 0 aromatic heterocycles. The predicted octanol–water partition coefficient (Wildman–Crippen LogP) is 4.46. The molecule has 0 spiro atoms. The maximum atomic E-state index is 12.9. The van der Waals surface area contributed by atoms with Crippen LogP contribution in [0, 0.1) is 5.82 Å². The summed E-state index contributed by atoms with van der Waals surface area (Å²) >= 11 is 3.23. The Hall–Kier alpha value is -1.88. The number of carboxylic acids is 1. The van der Waals surface area contributed by atoms with E-state index in [1.807, 2.05) is 6.92 Å². The highest BCUT2D eigenvalue weighted by Crippen LogP contribution is 2.25. The highest BCUT2D eigenvalue weighted by molar-refractivity contribution is 9.10. The van der Waals surface area contributed by atoms with Crippen LogP contribution in [-0.4, -0.2) is 11.1 Å². The zero-order valence-electron chi connectivity index (χ0n) is 10.7. The molecular weight excluding hydrogens is 325 g/mol. The van der Waals surface area contributed by atoms with Crippen molar-refractivity contribution in [3.63, 3.8) is 0 Å². The van der Waals surface area contributed by atoms with Gasteiger partial charge in [-0.1, -0.05) is 12.1 Å². The van der Waals surface area contributed by atoms with Crippen LogP contribution in [0.3, 0.4) is 0 Å². The van der Waals surface area contributed by atoms with Crippen LogP contribution in [0.4, 0.5) is 10.1 Å². The van der Waals surface area contributed by atoms with Crippen molar-refractivity contribution in [1.82, 2.24) is 0 Å². The van der Waals surface area contributed by atoms with Crippen LogP contribution in [0.25, 0.3) is 0 Å². The molecule has 0 aliphatic heterocycles. The standard InChI is InChI=1S/C15H13BrFNO2/c1-9(10-2-4-11(17)5-3-10)18-12-6-7-13(15(19)20)14(16)8-12/h2-9,18H,1H3,(H,19,20). The fourth-order valence-corrected chi connectivity index (χ4v) is 2.41. The summed E-state index contributed by atoms with van der Waals surface area (Å²) in [6.07, 6.45) is 0. The Labute approximate surface area is 124 Å². The number of aromatic carboxylic acids is 1. The molecule has 2 N–H and O–H groups in total. The largest absolute Gasteiger partial charge is 0.478 e. The van der Waals surface area contributed by atoms with Crippen molar-refractivity contribution in [3.8, 4) is 0 Å². The highest BCUT2D eigenvalue weighted by atomic mass is 79.9. The summed E-state index contributed by atoms with van der Waals surface area (Å²) in [7, 11) is 0. The lowest BCUT2D eigenvalue weighted by Gasteiger charge is -2.16. The van der Waals surface area contributed by atoms with Crippen molar-refractivity contribution >= 4 is 27.6 Å². The second kappa shape index (κ2) is 6.05. The van der Waals surface area contributed by atoms with Gasteiger partial charge >= 0.3 is 5.97 Å². The summed E-state index contributed by atoms with van der Waals surface area (Å²) in [5.74, 6) is -1.25. The van der Waals surface area contributed by atoms with Gasteiger partial charge in [0.15, 0.2) is 0 Å². The van der Waals surface area contributed by atoms with Crippen molar-refractivity contribution in [1.29, 1.82) is 0 Å². The fourth-order valence-electron chi connectivity index (χ4n) is 1.86.